The molecular formula is C17H13N5O2. The molecule has 0 saturated heterocycles. The van der Waals surface area contributed by atoms with Crippen LogP contribution in [0.15, 0.2) is 54.9 Å². The number of aromatic nitrogens is 4. The second-order valence-electron chi connectivity index (χ2n) is 5.33. The lowest BCUT2D eigenvalue weighted by Gasteiger charge is -2.22. The average Bonchev–Trinajstić information content (AvgIpc) is 3.09. The average molecular weight is 319 g/mol. The molecule has 0 aliphatic heterocycles. The largest absolute Gasteiger partial charge is 0.478 e. The van der Waals surface area contributed by atoms with Gasteiger partial charge in [-0.2, -0.15) is 4.98 Å². The maximum Gasteiger partial charge on any atom is 0.337 e. The number of benzene rings is 2. The fourth-order valence-electron chi connectivity index (χ4n) is 2.82. The van der Waals surface area contributed by atoms with Gasteiger partial charge in [-0.15, -0.1) is 10.2 Å². The fraction of sp³-hybridized carbons (Fsp3) is 0.0588. The molecule has 0 fully saturated rings. The van der Waals surface area contributed by atoms with Crippen molar-refractivity contribution >= 4 is 34.2 Å². The molecule has 0 bridgehead atoms. The molecular weight excluding hydrogens is 306 g/mol. The van der Waals surface area contributed by atoms with Gasteiger partial charge < -0.3 is 10.0 Å². The van der Waals surface area contributed by atoms with Crippen LogP contribution in [0.2, 0.25) is 0 Å². The third-order valence-corrected chi connectivity index (χ3v) is 3.95. The Kier molecular flexibility index (Phi) is 3.13. The van der Waals surface area contributed by atoms with E-state index >= 15 is 0 Å². The van der Waals surface area contributed by atoms with Gasteiger partial charge in [0.05, 0.1) is 16.8 Å². The van der Waals surface area contributed by atoms with E-state index in [9.17, 15) is 9.90 Å². The molecule has 0 aliphatic rings. The minimum Gasteiger partial charge on any atom is -0.478 e. The molecule has 118 valence electrons. The number of aromatic carboxylic acids is 1. The van der Waals surface area contributed by atoms with Crippen molar-refractivity contribution in [3.05, 3.63) is 60.4 Å². The van der Waals surface area contributed by atoms with E-state index in [1.54, 1.807) is 46.9 Å². The highest BCUT2D eigenvalue weighted by Gasteiger charge is 2.18. The molecule has 0 unspecified atom stereocenters. The minimum atomic E-state index is -0.981. The summed E-state index contributed by atoms with van der Waals surface area (Å²) in [6.45, 7) is 0. The van der Waals surface area contributed by atoms with Crippen LogP contribution < -0.4 is 4.90 Å². The molecule has 4 aromatic rings. The summed E-state index contributed by atoms with van der Waals surface area (Å²) < 4.78 is 1.80. The number of carboxylic acids is 1. The van der Waals surface area contributed by atoms with Crippen molar-refractivity contribution in [1.29, 1.82) is 0 Å². The third-order valence-electron chi connectivity index (χ3n) is 3.95. The number of anilines is 2. The van der Waals surface area contributed by atoms with Crippen molar-refractivity contribution in [3.8, 4) is 0 Å². The number of carbonyl (C=O) groups is 1. The zero-order valence-corrected chi connectivity index (χ0v) is 12.8. The molecule has 7 heteroatoms. The van der Waals surface area contributed by atoms with E-state index in [0.29, 0.717) is 17.3 Å². The van der Waals surface area contributed by atoms with Crippen molar-refractivity contribution < 1.29 is 9.90 Å². The molecule has 2 aromatic carbocycles. The smallest absolute Gasteiger partial charge is 0.337 e. The van der Waals surface area contributed by atoms with Crippen LogP contribution in [-0.4, -0.2) is 37.7 Å². The van der Waals surface area contributed by atoms with Gasteiger partial charge in [0.25, 0.3) is 5.78 Å². The van der Waals surface area contributed by atoms with Crippen LogP contribution in [0.1, 0.15) is 10.4 Å². The van der Waals surface area contributed by atoms with Crippen molar-refractivity contribution in [2.75, 3.05) is 11.9 Å². The Balaban J connectivity index is 2.00. The Labute approximate surface area is 136 Å². The maximum absolute atomic E-state index is 11.5. The summed E-state index contributed by atoms with van der Waals surface area (Å²) in [4.78, 5) is 17.8. The maximum atomic E-state index is 11.5. The molecule has 0 saturated carbocycles. The van der Waals surface area contributed by atoms with Crippen LogP contribution in [-0.2, 0) is 0 Å². The molecule has 7 nitrogen and oxygen atoms in total. The lowest BCUT2D eigenvalue weighted by molar-refractivity contribution is 0.0697. The Morgan fingerprint density at radius 2 is 1.88 bits per heavy atom. The summed E-state index contributed by atoms with van der Waals surface area (Å²) in [5, 5.41) is 18.3. The SMILES string of the molecule is CN(c1ccccc1C(=O)O)c1nc2nncn2c2ccccc12. The molecule has 24 heavy (non-hydrogen) atoms. The van der Waals surface area contributed by atoms with Crippen LogP contribution in [0.25, 0.3) is 16.7 Å². The van der Waals surface area contributed by atoms with Gasteiger partial charge in [-0.05, 0) is 24.3 Å². The van der Waals surface area contributed by atoms with Crippen LogP contribution in [0.3, 0.4) is 0 Å². The summed E-state index contributed by atoms with van der Waals surface area (Å²) in [5.74, 6) is 0.105. The predicted molar refractivity (Wildman–Crippen MR) is 89.8 cm³/mol. The molecule has 4 rings (SSSR count). The van der Waals surface area contributed by atoms with E-state index in [-0.39, 0.29) is 5.56 Å². The number of hydrogen-bond donors (Lipinski definition) is 1. The second-order valence-corrected chi connectivity index (χ2v) is 5.33. The first-order valence-corrected chi connectivity index (χ1v) is 7.31. The lowest BCUT2D eigenvalue weighted by Crippen LogP contribution is -2.16. The van der Waals surface area contributed by atoms with Gasteiger partial charge in [0.1, 0.15) is 12.1 Å². The number of nitrogens with zero attached hydrogens (tertiary/aromatic N) is 5. The van der Waals surface area contributed by atoms with E-state index in [0.717, 1.165) is 10.9 Å². The van der Waals surface area contributed by atoms with Gasteiger partial charge >= 0.3 is 5.97 Å². The monoisotopic (exact) mass is 319 g/mol. The molecule has 1 N–H and O–H groups in total. The first-order valence-electron chi connectivity index (χ1n) is 7.31. The van der Waals surface area contributed by atoms with Crippen molar-refractivity contribution in [1.82, 2.24) is 19.6 Å². The van der Waals surface area contributed by atoms with Crippen LogP contribution in [0.4, 0.5) is 11.5 Å². The number of rotatable bonds is 3. The predicted octanol–water partition coefficient (Wildman–Crippen LogP) is 2.74. The molecule has 0 radical (unpaired) electrons. The Morgan fingerprint density at radius 1 is 1.12 bits per heavy atom. The summed E-state index contributed by atoms with van der Waals surface area (Å²) in [6.07, 6.45) is 1.61. The van der Waals surface area contributed by atoms with Gasteiger partial charge in [-0.3, -0.25) is 4.40 Å². The molecule has 2 aromatic heterocycles. The van der Waals surface area contributed by atoms with Gasteiger partial charge in [0, 0.05) is 12.4 Å². The summed E-state index contributed by atoms with van der Waals surface area (Å²) in [6, 6.07) is 14.6. The van der Waals surface area contributed by atoms with E-state index in [4.69, 9.17) is 0 Å². The van der Waals surface area contributed by atoms with E-state index in [1.807, 2.05) is 24.3 Å². The first kappa shape index (κ1) is 14.1. The number of fused-ring (bicyclic) bond motifs is 3. The quantitative estimate of drug-likeness (QED) is 0.625. The lowest BCUT2D eigenvalue weighted by atomic mass is 10.1. The van der Waals surface area contributed by atoms with E-state index in [1.165, 1.54) is 0 Å². The highest BCUT2D eigenvalue weighted by atomic mass is 16.4. The Hall–Kier alpha value is -3.48. The first-order chi connectivity index (χ1) is 11.7. The highest BCUT2D eigenvalue weighted by molar-refractivity contribution is 5.98. The summed E-state index contributed by atoms with van der Waals surface area (Å²) >= 11 is 0. The number of hydrogen-bond acceptors (Lipinski definition) is 5. The molecule has 0 spiro atoms. The standard InChI is InChI=1S/C17H13N5O2/c1-21(13-8-4-3-7-12(13)16(23)24)15-11-6-2-5-9-14(11)22-10-18-20-17(22)19-15/h2-10H,1H3,(H,23,24). The van der Waals surface area contributed by atoms with Gasteiger partial charge in [0.15, 0.2) is 0 Å². The molecule has 0 aliphatic carbocycles. The van der Waals surface area contributed by atoms with Crippen molar-refractivity contribution in [3.63, 3.8) is 0 Å². The summed E-state index contributed by atoms with van der Waals surface area (Å²) in [5.41, 5.74) is 1.68. The normalized spacial score (nSPS) is 11.0. The van der Waals surface area contributed by atoms with Crippen molar-refractivity contribution in [2.24, 2.45) is 0 Å². The van der Waals surface area contributed by atoms with Crippen molar-refractivity contribution in [2.45, 2.75) is 0 Å². The van der Waals surface area contributed by atoms with Crippen LogP contribution >= 0.6 is 0 Å². The van der Waals surface area contributed by atoms with Gasteiger partial charge in [-0.25, -0.2) is 4.79 Å². The Morgan fingerprint density at radius 3 is 2.71 bits per heavy atom. The van der Waals surface area contributed by atoms with Gasteiger partial charge in [-0.1, -0.05) is 24.3 Å². The van der Waals surface area contributed by atoms with E-state index < -0.39 is 5.97 Å². The third kappa shape index (κ3) is 2.06. The molecule has 2 heterocycles. The highest BCUT2D eigenvalue weighted by Crippen LogP contribution is 2.31. The van der Waals surface area contributed by atoms with Crippen LogP contribution in [0, 0.1) is 0 Å². The van der Waals surface area contributed by atoms with Gasteiger partial charge in [0.2, 0.25) is 0 Å². The summed E-state index contributed by atoms with van der Waals surface area (Å²) in [7, 11) is 1.80. The second kappa shape index (κ2) is 5.31. The molecule has 0 atom stereocenters. The minimum absolute atomic E-state index is 0.215. The van der Waals surface area contributed by atoms with E-state index in [2.05, 4.69) is 15.2 Å². The molecule has 0 amide bonds. The van der Waals surface area contributed by atoms with Crippen LogP contribution in [0.5, 0.6) is 0 Å². The Bertz CT molecular complexity index is 1070. The zero-order chi connectivity index (χ0) is 16.7. The number of para-hydroxylation sites is 2. The number of carboxylic acid groups (broad SMARTS) is 1. The fourth-order valence-corrected chi connectivity index (χ4v) is 2.82. The zero-order valence-electron chi connectivity index (χ0n) is 12.8. The topological polar surface area (TPSA) is 83.6 Å².